The van der Waals surface area contributed by atoms with Crippen LogP contribution in [0.15, 0.2) is 142 Å². The molecule has 7 rings (SSSR count). The molecular formula is C45H43F3O7S2. The molecule has 0 N–H and O–H groups in total. The maximum absolute atomic E-state index is 16.5. The third-order valence-electron chi connectivity index (χ3n) is 10.4. The lowest BCUT2D eigenvalue weighted by atomic mass is 9.79. The van der Waals surface area contributed by atoms with Crippen molar-refractivity contribution in [2.45, 2.75) is 78.2 Å². The maximum Gasteiger partial charge on any atom is 0.401 e. The molecule has 6 aromatic rings. The Labute approximate surface area is 331 Å². The number of benzene rings is 6. The first-order chi connectivity index (χ1) is 27.3. The summed E-state index contributed by atoms with van der Waals surface area (Å²) in [6.07, 6.45) is -2.84. The van der Waals surface area contributed by atoms with E-state index < -0.39 is 74.8 Å². The van der Waals surface area contributed by atoms with Gasteiger partial charge in [0.25, 0.3) is 0 Å². The number of fused-ring (bicyclic) bond motifs is 3. The average Bonchev–Trinajstić information content (AvgIpc) is 3.22. The normalized spacial score (nSPS) is 17.4. The molecule has 3 unspecified atom stereocenters. The van der Waals surface area contributed by atoms with Gasteiger partial charge in [-0.3, -0.25) is 9.59 Å². The summed E-state index contributed by atoms with van der Waals surface area (Å²) in [4.78, 5) is 26.8. The van der Waals surface area contributed by atoms with E-state index in [9.17, 15) is 18.0 Å². The van der Waals surface area contributed by atoms with Crippen LogP contribution in [0.1, 0.15) is 46.0 Å². The third kappa shape index (κ3) is 7.74. The standard InChI is InChI=1S/C45H43F3O7S2/c1-30(2)54-44(50)38-24-10-9-23-37(38)43(49)53-29-28-42(46)45(47,48)57(51,52)55-56(39-25-11-17-31-14-3-6-20-34(31)39,40-26-12-18-32-15-4-7-21-35(32)40)41-27-13-19-33-16-5-8-22-36(33)41/h3-8,11-22,25-27,30,37-38,42H,9-10,23-24,28-29H2,1-2H3. The lowest BCUT2D eigenvalue weighted by molar-refractivity contribution is -0.165. The molecular weight excluding hydrogens is 774 g/mol. The minimum absolute atomic E-state index is 0.315. The smallest absolute Gasteiger partial charge is 0.401 e. The second kappa shape index (κ2) is 16.5. The van der Waals surface area contributed by atoms with Crippen molar-refractivity contribution in [2.24, 2.45) is 11.8 Å². The van der Waals surface area contributed by atoms with Crippen LogP contribution >= 0.6 is 10.3 Å². The van der Waals surface area contributed by atoms with Crippen LogP contribution in [-0.2, 0) is 32.8 Å². The molecule has 1 saturated carbocycles. The fourth-order valence-corrected chi connectivity index (χ4v) is 13.5. The molecule has 0 radical (unpaired) electrons. The number of hydrogen-bond donors (Lipinski definition) is 0. The highest BCUT2D eigenvalue weighted by Gasteiger charge is 2.58. The SMILES string of the molecule is CC(C)OC(=O)C1CCCCC1C(=O)OCCC(F)C(F)(F)S(=O)(=O)OS(c1cccc2ccccc12)(c1cccc2ccccc12)c1cccc2ccccc12. The van der Waals surface area contributed by atoms with Crippen molar-refractivity contribution in [1.82, 2.24) is 0 Å². The lowest BCUT2D eigenvalue weighted by Crippen LogP contribution is -2.41. The van der Waals surface area contributed by atoms with Gasteiger partial charge in [-0.25, -0.2) is 8.02 Å². The lowest BCUT2D eigenvalue weighted by Gasteiger charge is -2.42. The van der Waals surface area contributed by atoms with Crippen molar-refractivity contribution in [1.29, 1.82) is 0 Å². The zero-order chi connectivity index (χ0) is 40.4. The molecule has 298 valence electrons. The highest BCUT2D eigenvalue weighted by molar-refractivity contribution is 8.33. The van der Waals surface area contributed by atoms with Gasteiger partial charge in [-0.2, -0.15) is 17.2 Å². The molecule has 6 aromatic carbocycles. The second-order valence-electron chi connectivity index (χ2n) is 14.5. The predicted molar refractivity (Wildman–Crippen MR) is 216 cm³/mol. The second-order valence-corrected chi connectivity index (χ2v) is 18.9. The quantitative estimate of drug-likeness (QED) is 0.107. The molecule has 0 bridgehead atoms. The van der Waals surface area contributed by atoms with Crippen LogP contribution in [0.5, 0.6) is 0 Å². The Kier molecular flexibility index (Phi) is 11.7. The van der Waals surface area contributed by atoms with Gasteiger partial charge in [0, 0.05) is 21.1 Å². The number of carbonyl (C=O) groups is 2. The first kappa shape index (κ1) is 40.3. The summed E-state index contributed by atoms with van der Waals surface area (Å²) < 4.78 is 94.6. The largest absolute Gasteiger partial charge is 0.465 e. The van der Waals surface area contributed by atoms with Crippen LogP contribution in [0.2, 0.25) is 0 Å². The Morgan fingerprint density at radius 2 is 1.05 bits per heavy atom. The van der Waals surface area contributed by atoms with Gasteiger partial charge in [-0.1, -0.05) is 122 Å². The van der Waals surface area contributed by atoms with E-state index in [0.29, 0.717) is 72.7 Å². The molecule has 1 fully saturated rings. The van der Waals surface area contributed by atoms with Crippen LogP contribution in [0.4, 0.5) is 13.2 Å². The van der Waals surface area contributed by atoms with Gasteiger partial charge < -0.3 is 9.47 Å². The van der Waals surface area contributed by atoms with E-state index in [1.165, 1.54) is 0 Å². The van der Waals surface area contributed by atoms with Crippen molar-refractivity contribution in [3.63, 3.8) is 0 Å². The highest BCUT2D eigenvalue weighted by Crippen LogP contribution is 2.74. The number of esters is 2. The summed E-state index contributed by atoms with van der Waals surface area (Å²) in [5, 5.41) is -1.26. The Balaban J connectivity index is 1.31. The average molecular weight is 817 g/mol. The summed E-state index contributed by atoms with van der Waals surface area (Å²) in [6, 6.07) is 37.3. The van der Waals surface area contributed by atoms with Crippen LogP contribution in [-0.4, -0.2) is 44.5 Å². The molecule has 0 saturated heterocycles. The zero-order valence-electron chi connectivity index (χ0n) is 31.5. The van der Waals surface area contributed by atoms with Crippen molar-refractivity contribution < 1.29 is 44.3 Å². The van der Waals surface area contributed by atoms with Crippen molar-refractivity contribution in [2.75, 3.05) is 6.61 Å². The van der Waals surface area contributed by atoms with Crippen molar-refractivity contribution >= 4 is 64.7 Å². The number of ether oxygens (including phenoxy) is 2. The molecule has 7 nitrogen and oxygen atoms in total. The third-order valence-corrected chi connectivity index (χ3v) is 15.8. The van der Waals surface area contributed by atoms with E-state index in [4.69, 9.17) is 13.1 Å². The first-order valence-corrected chi connectivity index (χ1v) is 21.9. The fraction of sp³-hybridized carbons (Fsp3) is 0.289. The van der Waals surface area contributed by atoms with Crippen LogP contribution in [0, 0.1) is 11.8 Å². The molecule has 0 aliphatic heterocycles. The topological polar surface area (TPSA) is 96.0 Å². The Bertz CT molecular complexity index is 2340. The van der Waals surface area contributed by atoms with Gasteiger partial charge >= 0.3 is 27.3 Å². The molecule has 12 heteroatoms. The molecule has 3 atom stereocenters. The summed E-state index contributed by atoms with van der Waals surface area (Å²) in [7, 11) is -9.86. The van der Waals surface area contributed by atoms with Crippen LogP contribution in [0.3, 0.4) is 0 Å². The molecule has 0 spiro atoms. The molecule has 1 aliphatic rings. The number of halogens is 3. The van der Waals surface area contributed by atoms with E-state index in [1.54, 1.807) is 86.6 Å². The zero-order valence-corrected chi connectivity index (χ0v) is 33.1. The minimum Gasteiger partial charge on any atom is -0.465 e. The van der Waals surface area contributed by atoms with Gasteiger partial charge in [0.05, 0.1) is 24.5 Å². The molecule has 0 aromatic heterocycles. The van der Waals surface area contributed by atoms with E-state index in [1.807, 2.05) is 54.6 Å². The highest BCUT2D eigenvalue weighted by atomic mass is 32.3. The monoisotopic (exact) mass is 816 g/mol. The van der Waals surface area contributed by atoms with Crippen molar-refractivity contribution in [3.05, 3.63) is 127 Å². The van der Waals surface area contributed by atoms with Gasteiger partial charge in [-0.15, -0.1) is 0 Å². The predicted octanol–water partition coefficient (Wildman–Crippen LogP) is 11.3. The summed E-state index contributed by atoms with van der Waals surface area (Å²) in [5.41, 5.74) is 0. The molecule has 0 heterocycles. The summed E-state index contributed by atoms with van der Waals surface area (Å²) in [5.74, 6) is -3.07. The Hall–Kier alpha value is -4.91. The van der Waals surface area contributed by atoms with E-state index in [0.717, 1.165) is 0 Å². The molecule has 57 heavy (non-hydrogen) atoms. The summed E-state index contributed by atoms with van der Waals surface area (Å²) in [6.45, 7) is 2.53. The first-order valence-electron chi connectivity index (χ1n) is 19.0. The summed E-state index contributed by atoms with van der Waals surface area (Å²) >= 11 is 0. The number of hydrogen-bond acceptors (Lipinski definition) is 7. The van der Waals surface area contributed by atoms with Gasteiger partial charge in [-0.05, 0) is 87.5 Å². The maximum atomic E-state index is 16.5. The van der Waals surface area contributed by atoms with Gasteiger partial charge in [0.1, 0.15) is 0 Å². The molecule has 1 aliphatic carbocycles. The minimum atomic E-state index is -6.14. The van der Waals surface area contributed by atoms with E-state index in [2.05, 4.69) is 0 Å². The Morgan fingerprint density at radius 1 is 0.649 bits per heavy atom. The van der Waals surface area contributed by atoms with Gasteiger partial charge in [0.15, 0.2) is 6.17 Å². The van der Waals surface area contributed by atoms with Crippen LogP contribution < -0.4 is 0 Å². The number of rotatable bonds is 13. The van der Waals surface area contributed by atoms with Gasteiger partial charge in [0.2, 0.25) is 0 Å². The Morgan fingerprint density at radius 3 is 1.49 bits per heavy atom. The van der Waals surface area contributed by atoms with E-state index in [-0.39, 0.29) is 0 Å². The van der Waals surface area contributed by atoms with E-state index >= 15 is 13.2 Å². The fourth-order valence-electron chi connectivity index (χ4n) is 7.69. The molecule has 0 amide bonds. The number of carbonyl (C=O) groups excluding carboxylic acids is 2. The number of alkyl halides is 3. The van der Waals surface area contributed by atoms with Crippen molar-refractivity contribution in [3.8, 4) is 0 Å². The van der Waals surface area contributed by atoms with Crippen LogP contribution in [0.25, 0.3) is 32.3 Å².